The lowest BCUT2D eigenvalue weighted by molar-refractivity contribution is -0.139. The fraction of sp³-hybridized carbons (Fsp3) is 0.667. The third-order valence-electron chi connectivity index (χ3n) is 7.12. The summed E-state index contributed by atoms with van der Waals surface area (Å²) in [6, 6.07) is -0.193. The van der Waals surface area contributed by atoms with Crippen molar-refractivity contribution in [2.75, 3.05) is 0 Å². The van der Waals surface area contributed by atoms with Crippen molar-refractivity contribution in [3.05, 3.63) is 22.1 Å². The van der Waals surface area contributed by atoms with Crippen molar-refractivity contribution in [3.8, 4) is 5.75 Å². The van der Waals surface area contributed by atoms with Crippen LogP contribution in [-0.4, -0.2) is 41.6 Å². The Balaban J connectivity index is 1.58. The van der Waals surface area contributed by atoms with E-state index in [2.05, 4.69) is 10.4 Å². The number of hydrogen-bond donors (Lipinski definition) is 3. The normalized spacial score (nSPS) is 33.0. The van der Waals surface area contributed by atoms with Crippen LogP contribution in [0.1, 0.15) is 68.8 Å². The number of aromatic hydroxyl groups is 1. The SMILES string of the molecule is CC(C)n1c(=O)c(C(=O)NC23CC4CC(CC(O)(C4)C2)C3)c(O)c2nn(C)cc21. The minimum Gasteiger partial charge on any atom is -0.505 e. The van der Waals surface area contributed by atoms with Gasteiger partial charge in [-0.15, -0.1) is 0 Å². The molecular weight excluding hydrogens is 372 g/mol. The topological polar surface area (TPSA) is 109 Å². The van der Waals surface area contributed by atoms with Gasteiger partial charge in [0.05, 0.1) is 11.1 Å². The molecule has 0 radical (unpaired) electrons. The van der Waals surface area contributed by atoms with Crippen molar-refractivity contribution < 1.29 is 15.0 Å². The maximum absolute atomic E-state index is 13.3. The highest BCUT2D eigenvalue weighted by Crippen LogP contribution is 2.57. The molecule has 2 aromatic heterocycles. The van der Waals surface area contributed by atoms with Crippen molar-refractivity contribution >= 4 is 16.9 Å². The Morgan fingerprint density at radius 3 is 2.52 bits per heavy atom. The molecule has 1 amide bonds. The van der Waals surface area contributed by atoms with E-state index >= 15 is 0 Å². The largest absolute Gasteiger partial charge is 0.505 e. The lowest BCUT2D eigenvalue weighted by atomic mass is 9.51. The van der Waals surface area contributed by atoms with Crippen LogP contribution in [0.3, 0.4) is 0 Å². The molecule has 0 saturated heterocycles. The van der Waals surface area contributed by atoms with E-state index in [0.29, 0.717) is 23.8 Å². The summed E-state index contributed by atoms with van der Waals surface area (Å²) < 4.78 is 3.03. The first-order valence-corrected chi connectivity index (χ1v) is 10.5. The number of aryl methyl sites for hydroxylation is 1. The van der Waals surface area contributed by atoms with Gasteiger partial charge in [-0.2, -0.15) is 5.10 Å². The number of rotatable bonds is 3. The molecule has 2 unspecified atom stereocenters. The molecule has 156 valence electrons. The summed E-state index contributed by atoms with van der Waals surface area (Å²) in [5.41, 5.74) is -1.24. The molecule has 3 N–H and O–H groups in total. The van der Waals surface area contributed by atoms with E-state index in [4.69, 9.17) is 0 Å². The van der Waals surface area contributed by atoms with Gasteiger partial charge >= 0.3 is 0 Å². The second-order valence-corrected chi connectivity index (χ2v) is 9.95. The predicted octanol–water partition coefficient (Wildman–Crippen LogP) is 1.83. The quantitative estimate of drug-likeness (QED) is 0.728. The number of amides is 1. The van der Waals surface area contributed by atoms with Gasteiger partial charge in [0.15, 0.2) is 11.3 Å². The van der Waals surface area contributed by atoms with Crippen molar-refractivity contribution in [1.82, 2.24) is 19.7 Å². The Labute approximate surface area is 168 Å². The van der Waals surface area contributed by atoms with Gasteiger partial charge in [-0.3, -0.25) is 14.3 Å². The van der Waals surface area contributed by atoms with E-state index < -0.39 is 22.6 Å². The number of aliphatic hydroxyl groups is 1. The van der Waals surface area contributed by atoms with Gasteiger partial charge in [-0.25, -0.2) is 0 Å². The number of aromatic nitrogens is 3. The molecule has 4 bridgehead atoms. The summed E-state index contributed by atoms with van der Waals surface area (Å²) in [6.07, 6.45) is 6.53. The summed E-state index contributed by atoms with van der Waals surface area (Å²) in [4.78, 5) is 26.5. The van der Waals surface area contributed by atoms with E-state index in [9.17, 15) is 19.8 Å². The van der Waals surface area contributed by atoms with Gasteiger partial charge in [0.2, 0.25) is 0 Å². The van der Waals surface area contributed by atoms with E-state index in [-0.39, 0.29) is 22.9 Å². The van der Waals surface area contributed by atoms with Crippen molar-refractivity contribution in [1.29, 1.82) is 0 Å². The smallest absolute Gasteiger partial charge is 0.268 e. The fourth-order valence-corrected chi connectivity index (χ4v) is 6.65. The van der Waals surface area contributed by atoms with Crippen LogP contribution in [0.2, 0.25) is 0 Å². The third kappa shape index (κ3) is 2.72. The second-order valence-electron chi connectivity index (χ2n) is 9.95. The average Bonchev–Trinajstić information content (AvgIpc) is 2.93. The molecule has 8 heteroatoms. The molecule has 29 heavy (non-hydrogen) atoms. The zero-order valence-electron chi connectivity index (χ0n) is 17.1. The van der Waals surface area contributed by atoms with Crippen LogP contribution in [0.15, 0.2) is 11.0 Å². The first-order valence-electron chi connectivity index (χ1n) is 10.5. The van der Waals surface area contributed by atoms with E-state index in [1.165, 1.54) is 9.25 Å². The minimum atomic E-state index is -0.720. The van der Waals surface area contributed by atoms with Gasteiger partial charge < -0.3 is 20.1 Å². The van der Waals surface area contributed by atoms with Crippen LogP contribution >= 0.6 is 0 Å². The molecule has 2 aromatic rings. The van der Waals surface area contributed by atoms with Gasteiger partial charge in [0, 0.05) is 24.8 Å². The highest BCUT2D eigenvalue weighted by molar-refractivity contribution is 6.01. The van der Waals surface area contributed by atoms with Gasteiger partial charge in [-0.1, -0.05) is 0 Å². The number of pyridine rings is 1. The zero-order valence-corrected chi connectivity index (χ0v) is 17.1. The standard InChI is InChI=1S/C21H28N4O4/c1-11(2)25-14-9-24(3)23-16(14)17(26)15(19(25)28)18(27)22-20-5-12-4-13(6-20)8-21(29,7-12)10-20/h9,11-13,26,29H,4-8,10H2,1-3H3,(H,22,27). The van der Waals surface area contributed by atoms with Crippen LogP contribution in [0.4, 0.5) is 0 Å². The van der Waals surface area contributed by atoms with Crippen molar-refractivity contribution in [2.45, 2.75) is 69.6 Å². The Morgan fingerprint density at radius 1 is 1.28 bits per heavy atom. The number of nitrogens with zero attached hydrogens (tertiary/aromatic N) is 3. The average molecular weight is 400 g/mol. The lowest BCUT2D eigenvalue weighted by Gasteiger charge is -2.60. The molecule has 6 rings (SSSR count). The van der Waals surface area contributed by atoms with Gasteiger partial charge in [0.1, 0.15) is 5.56 Å². The Morgan fingerprint density at radius 2 is 1.93 bits per heavy atom. The summed E-state index contributed by atoms with van der Waals surface area (Å²) >= 11 is 0. The first kappa shape index (κ1) is 18.7. The molecule has 4 aliphatic carbocycles. The van der Waals surface area contributed by atoms with Gasteiger partial charge in [-0.05, 0) is 64.2 Å². The summed E-state index contributed by atoms with van der Waals surface area (Å²) in [7, 11) is 1.71. The molecule has 0 spiro atoms. The monoisotopic (exact) mass is 400 g/mol. The Kier molecular flexibility index (Phi) is 3.76. The predicted molar refractivity (Wildman–Crippen MR) is 107 cm³/mol. The highest BCUT2D eigenvalue weighted by atomic mass is 16.3. The molecule has 2 atom stereocenters. The van der Waals surface area contributed by atoms with Crippen LogP contribution in [-0.2, 0) is 7.05 Å². The van der Waals surface area contributed by atoms with Crippen LogP contribution in [0, 0.1) is 11.8 Å². The molecule has 4 aliphatic rings. The molecular formula is C21H28N4O4. The van der Waals surface area contributed by atoms with Crippen molar-refractivity contribution in [2.24, 2.45) is 18.9 Å². The summed E-state index contributed by atoms with van der Waals surface area (Å²) in [5, 5.41) is 29.1. The van der Waals surface area contributed by atoms with E-state index in [1.807, 2.05) is 13.8 Å². The highest BCUT2D eigenvalue weighted by Gasteiger charge is 2.57. The third-order valence-corrected chi connectivity index (χ3v) is 7.12. The number of carbonyl (C=O) groups excluding carboxylic acids is 1. The number of nitrogens with one attached hydrogen (secondary N) is 1. The molecule has 4 saturated carbocycles. The first-order chi connectivity index (χ1) is 13.6. The van der Waals surface area contributed by atoms with Crippen molar-refractivity contribution in [3.63, 3.8) is 0 Å². The molecule has 8 nitrogen and oxygen atoms in total. The molecule has 0 aliphatic heterocycles. The summed E-state index contributed by atoms with van der Waals surface area (Å²) in [6.45, 7) is 3.72. The second kappa shape index (κ2) is 5.84. The van der Waals surface area contributed by atoms with Crippen LogP contribution < -0.4 is 10.9 Å². The summed E-state index contributed by atoms with van der Waals surface area (Å²) in [5.74, 6) is -0.134. The molecule has 0 aromatic carbocycles. The number of fused-ring (bicyclic) bond motifs is 1. The number of hydrogen-bond acceptors (Lipinski definition) is 5. The van der Waals surface area contributed by atoms with Crippen LogP contribution in [0.5, 0.6) is 5.75 Å². The molecule has 4 fully saturated rings. The number of carbonyl (C=O) groups is 1. The maximum Gasteiger partial charge on any atom is 0.268 e. The maximum atomic E-state index is 13.3. The Hall–Kier alpha value is -2.35. The van der Waals surface area contributed by atoms with E-state index in [1.54, 1.807) is 13.2 Å². The molecule has 2 heterocycles. The van der Waals surface area contributed by atoms with Crippen LogP contribution in [0.25, 0.3) is 11.0 Å². The zero-order chi connectivity index (χ0) is 20.7. The fourth-order valence-electron chi connectivity index (χ4n) is 6.65. The lowest BCUT2D eigenvalue weighted by Crippen LogP contribution is -2.65. The van der Waals surface area contributed by atoms with E-state index in [0.717, 1.165) is 32.1 Å². The minimum absolute atomic E-state index is 0.193. The van der Waals surface area contributed by atoms with Gasteiger partial charge in [0.25, 0.3) is 11.5 Å². The Bertz CT molecular complexity index is 1070.